The highest BCUT2D eigenvalue weighted by Gasteiger charge is 2.02. The number of rotatable bonds is 1. The van der Waals surface area contributed by atoms with Gasteiger partial charge in [-0.3, -0.25) is 0 Å². The molecule has 2 rings (SSSR count). The van der Waals surface area contributed by atoms with Crippen LogP contribution in [0, 0.1) is 6.92 Å². The molecule has 5 heteroatoms. The summed E-state index contributed by atoms with van der Waals surface area (Å²) in [4.78, 5) is 0. The fourth-order valence-electron chi connectivity index (χ4n) is 1.05. The number of benzene rings is 1. The minimum absolute atomic E-state index is 0.491. The molecule has 0 saturated carbocycles. The first-order chi connectivity index (χ1) is 6.66. The van der Waals surface area contributed by atoms with Crippen LogP contribution in [0.1, 0.15) is 5.69 Å². The van der Waals surface area contributed by atoms with E-state index in [-0.39, 0.29) is 0 Å². The summed E-state index contributed by atoms with van der Waals surface area (Å²) < 4.78 is 1.59. The topological polar surface area (TPSA) is 30.7 Å². The molecule has 0 fully saturated rings. The van der Waals surface area contributed by atoms with E-state index in [2.05, 4.69) is 17.2 Å². The Morgan fingerprint density at radius 3 is 2.57 bits per heavy atom. The van der Waals surface area contributed by atoms with Gasteiger partial charge in [-0.25, -0.2) is 4.68 Å². The average Bonchev–Trinajstić information content (AvgIpc) is 2.57. The number of aromatic nitrogens is 3. The summed E-state index contributed by atoms with van der Waals surface area (Å²) in [5, 5.41) is 8.64. The Kier molecular flexibility index (Phi) is 2.44. The van der Waals surface area contributed by atoms with Crippen LogP contribution < -0.4 is 0 Å². The van der Waals surface area contributed by atoms with Crippen molar-refractivity contribution in [2.45, 2.75) is 0 Å². The van der Waals surface area contributed by atoms with Crippen LogP contribution in [0.15, 0.2) is 24.4 Å². The van der Waals surface area contributed by atoms with Gasteiger partial charge in [-0.2, -0.15) is 0 Å². The largest absolute Gasteiger partial charge is 0.220 e. The van der Waals surface area contributed by atoms with Crippen LogP contribution in [-0.4, -0.2) is 15.0 Å². The summed E-state index contributed by atoms with van der Waals surface area (Å²) in [6, 6.07) is 5.24. The fraction of sp³-hybridized carbons (Fsp3) is 0. The van der Waals surface area contributed by atoms with E-state index in [1.807, 2.05) is 6.07 Å². The molecule has 1 radical (unpaired) electrons. The number of halogens is 2. The van der Waals surface area contributed by atoms with Crippen molar-refractivity contribution in [3.05, 3.63) is 47.1 Å². The highest BCUT2D eigenvalue weighted by atomic mass is 35.5. The Hall–Kier alpha value is -1.06. The first kappa shape index (κ1) is 9.49. The highest BCUT2D eigenvalue weighted by Crippen LogP contribution is 2.23. The molecule has 14 heavy (non-hydrogen) atoms. The second-order valence-corrected chi connectivity index (χ2v) is 3.57. The van der Waals surface area contributed by atoms with Gasteiger partial charge in [0, 0.05) is 0 Å². The number of hydrogen-bond acceptors (Lipinski definition) is 2. The minimum atomic E-state index is 0.491. The molecule has 0 unspecified atom stereocenters. The van der Waals surface area contributed by atoms with E-state index in [9.17, 15) is 0 Å². The van der Waals surface area contributed by atoms with Crippen molar-refractivity contribution >= 4 is 23.2 Å². The molecular weight excluding hydrogens is 221 g/mol. The van der Waals surface area contributed by atoms with Crippen molar-refractivity contribution in [2.24, 2.45) is 0 Å². The molecule has 0 N–H and O–H groups in total. The predicted octanol–water partition coefficient (Wildman–Crippen LogP) is 2.76. The maximum Gasteiger partial charge on any atom is 0.0835 e. The van der Waals surface area contributed by atoms with Crippen molar-refractivity contribution in [1.29, 1.82) is 0 Å². The van der Waals surface area contributed by atoms with Gasteiger partial charge in [0.25, 0.3) is 0 Å². The smallest absolute Gasteiger partial charge is 0.0835 e. The lowest BCUT2D eigenvalue weighted by molar-refractivity contribution is 0.802. The summed E-state index contributed by atoms with van der Waals surface area (Å²) >= 11 is 11.6. The molecule has 0 spiro atoms. The van der Waals surface area contributed by atoms with E-state index >= 15 is 0 Å². The quantitative estimate of drug-likeness (QED) is 0.749. The van der Waals surface area contributed by atoms with E-state index in [1.54, 1.807) is 23.0 Å². The van der Waals surface area contributed by atoms with Gasteiger partial charge in [0.2, 0.25) is 0 Å². The molecule has 1 aromatic heterocycles. The van der Waals surface area contributed by atoms with Gasteiger partial charge in [0.15, 0.2) is 0 Å². The molecule has 0 bridgehead atoms. The molecule has 3 nitrogen and oxygen atoms in total. The van der Waals surface area contributed by atoms with Gasteiger partial charge < -0.3 is 0 Å². The van der Waals surface area contributed by atoms with Gasteiger partial charge in [-0.05, 0) is 25.1 Å². The van der Waals surface area contributed by atoms with Crippen LogP contribution in [0.4, 0.5) is 0 Å². The van der Waals surface area contributed by atoms with Crippen LogP contribution in [0.25, 0.3) is 5.69 Å². The van der Waals surface area contributed by atoms with E-state index in [0.717, 1.165) is 5.69 Å². The van der Waals surface area contributed by atoms with Crippen LogP contribution in [-0.2, 0) is 0 Å². The molecule has 0 atom stereocenters. The van der Waals surface area contributed by atoms with Crippen molar-refractivity contribution in [3.8, 4) is 5.69 Å². The Bertz CT molecular complexity index is 465. The third-order valence-corrected chi connectivity index (χ3v) is 2.45. The van der Waals surface area contributed by atoms with Gasteiger partial charge in [0.05, 0.1) is 27.6 Å². The number of hydrogen-bond donors (Lipinski definition) is 0. The average molecular weight is 227 g/mol. The normalized spacial score (nSPS) is 10.5. The Morgan fingerprint density at radius 2 is 2.00 bits per heavy atom. The van der Waals surface area contributed by atoms with Gasteiger partial charge >= 0.3 is 0 Å². The Labute approximate surface area is 91.3 Å². The zero-order valence-electron chi connectivity index (χ0n) is 7.11. The third-order valence-electron chi connectivity index (χ3n) is 1.71. The summed E-state index contributed by atoms with van der Waals surface area (Å²) in [5.41, 5.74) is 1.41. The minimum Gasteiger partial charge on any atom is -0.220 e. The van der Waals surface area contributed by atoms with E-state index < -0.39 is 0 Å². The molecule has 0 aliphatic heterocycles. The first-order valence-corrected chi connectivity index (χ1v) is 4.62. The maximum absolute atomic E-state index is 5.86. The monoisotopic (exact) mass is 226 g/mol. The Balaban J connectivity index is 2.47. The van der Waals surface area contributed by atoms with E-state index in [4.69, 9.17) is 23.2 Å². The molecule has 0 aliphatic carbocycles. The van der Waals surface area contributed by atoms with Crippen LogP contribution in [0.2, 0.25) is 10.0 Å². The zero-order chi connectivity index (χ0) is 10.1. The fourth-order valence-corrected chi connectivity index (χ4v) is 1.34. The standard InChI is InChI=1S/C9H6Cl2N3/c1-6-5-14(13-12-6)7-2-3-8(10)9(11)4-7/h2-5H,1H2. The molecule has 2 aromatic rings. The Morgan fingerprint density at radius 1 is 1.21 bits per heavy atom. The summed E-state index contributed by atoms with van der Waals surface area (Å²) in [5.74, 6) is 0. The lowest BCUT2D eigenvalue weighted by Crippen LogP contribution is -1.94. The molecule has 0 aliphatic rings. The van der Waals surface area contributed by atoms with E-state index in [0.29, 0.717) is 15.7 Å². The summed E-state index contributed by atoms with van der Waals surface area (Å²) in [6.45, 7) is 3.65. The molecule has 71 valence electrons. The number of nitrogens with zero attached hydrogens (tertiary/aromatic N) is 3. The van der Waals surface area contributed by atoms with Crippen molar-refractivity contribution < 1.29 is 0 Å². The molecule has 1 heterocycles. The maximum atomic E-state index is 5.86. The second kappa shape index (κ2) is 3.59. The van der Waals surface area contributed by atoms with Crippen molar-refractivity contribution in [1.82, 2.24) is 15.0 Å². The molecule has 0 saturated heterocycles. The first-order valence-electron chi connectivity index (χ1n) is 3.86. The van der Waals surface area contributed by atoms with Gasteiger partial charge in [-0.1, -0.05) is 28.4 Å². The van der Waals surface area contributed by atoms with Crippen LogP contribution in [0.3, 0.4) is 0 Å². The van der Waals surface area contributed by atoms with Gasteiger partial charge in [-0.15, -0.1) is 5.10 Å². The van der Waals surface area contributed by atoms with Crippen molar-refractivity contribution in [3.63, 3.8) is 0 Å². The highest BCUT2D eigenvalue weighted by molar-refractivity contribution is 6.42. The third kappa shape index (κ3) is 1.74. The summed E-state index contributed by atoms with van der Waals surface area (Å²) in [6.07, 6.45) is 1.71. The van der Waals surface area contributed by atoms with E-state index in [1.165, 1.54) is 0 Å². The lowest BCUT2D eigenvalue weighted by Gasteiger charge is -2.01. The molecule has 1 aromatic carbocycles. The lowest BCUT2D eigenvalue weighted by atomic mass is 10.3. The zero-order valence-corrected chi connectivity index (χ0v) is 8.63. The van der Waals surface area contributed by atoms with Crippen LogP contribution >= 0.6 is 23.2 Å². The SMILES string of the molecule is [CH2]c1cn(-c2ccc(Cl)c(Cl)c2)nn1. The van der Waals surface area contributed by atoms with Crippen molar-refractivity contribution in [2.75, 3.05) is 0 Å². The molecule has 0 amide bonds. The predicted molar refractivity (Wildman–Crippen MR) is 55.8 cm³/mol. The van der Waals surface area contributed by atoms with Crippen LogP contribution in [0.5, 0.6) is 0 Å². The molecular formula is C9H6Cl2N3. The second-order valence-electron chi connectivity index (χ2n) is 2.75. The van der Waals surface area contributed by atoms with Gasteiger partial charge in [0.1, 0.15) is 0 Å². The summed E-state index contributed by atoms with van der Waals surface area (Å²) in [7, 11) is 0.